The lowest BCUT2D eigenvalue weighted by atomic mass is 10.1. The fourth-order valence-electron chi connectivity index (χ4n) is 2.43. The summed E-state index contributed by atoms with van der Waals surface area (Å²) in [6, 6.07) is 9.51. The van der Waals surface area contributed by atoms with Gasteiger partial charge in [0.1, 0.15) is 19.6 Å². The van der Waals surface area contributed by atoms with Crippen molar-refractivity contribution in [1.29, 1.82) is 0 Å². The molecule has 4 heteroatoms. The van der Waals surface area contributed by atoms with Gasteiger partial charge in [-0.05, 0) is 6.08 Å². The monoisotopic (exact) mass is 325 g/mol. The van der Waals surface area contributed by atoms with Gasteiger partial charge in [0.25, 0.3) is 0 Å². The summed E-state index contributed by atoms with van der Waals surface area (Å²) in [5.74, 6) is 0.208. The first-order valence-corrected chi connectivity index (χ1v) is 6.38. The largest absolute Gasteiger partial charge is 1.00 e. The summed E-state index contributed by atoms with van der Waals surface area (Å²) in [7, 11) is 0. The van der Waals surface area contributed by atoms with E-state index in [1.165, 1.54) is 0 Å². The molecule has 0 saturated carbocycles. The van der Waals surface area contributed by atoms with Gasteiger partial charge in [-0.15, -0.1) is 0 Å². The molecule has 0 atom stereocenters. The van der Waals surface area contributed by atoms with E-state index in [0.29, 0.717) is 6.54 Å². The third kappa shape index (κ3) is 4.27. The fraction of sp³-hybridized carbons (Fsp3) is 0.400. The van der Waals surface area contributed by atoms with Crippen LogP contribution in [0.15, 0.2) is 43.0 Å². The number of Topliss-reactive ketones (excluding diaryl/α,β-unsaturated/α-hetero) is 1. The summed E-state index contributed by atoms with van der Waals surface area (Å²) in [4.78, 5) is 12.3. The molecule has 104 valence electrons. The topological polar surface area (TPSA) is 26.3 Å². The second-order valence-corrected chi connectivity index (χ2v) is 4.82. The minimum absolute atomic E-state index is 0. The maximum absolute atomic E-state index is 12.3. The molecular formula is C15H20BrNO2. The predicted octanol–water partition coefficient (Wildman–Crippen LogP) is -1.09. The molecule has 1 heterocycles. The van der Waals surface area contributed by atoms with Gasteiger partial charge in [0.05, 0.1) is 19.8 Å². The van der Waals surface area contributed by atoms with Gasteiger partial charge in [-0.1, -0.05) is 36.9 Å². The summed E-state index contributed by atoms with van der Waals surface area (Å²) in [5.41, 5.74) is 0.797. The van der Waals surface area contributed by atoms with Gasteiger partial charge in [-0.25, -0.2) is 0 Å². The Morgan fingerprint density at radius 2 is 1.89 bits per heavy atom. The van der Waals surface area contributed by atoms with E-state index in [2.05, 4.69) is 6.58 Å². The number of hydrogen-bond acceptors (Lipinski definition) is 2. The second kappa shape index (κ2) is 7.58. The number of ether oxygens (including phenoxy) is 1. The third-order valence-corrected chi connectivity index (χ3v) is 3.51. The molecule has 1 fully saturated rings. The lowest BCUT2D eigenvalue weighted by Gasteiger charge is -2.40. The number of ketones is 1. The average molecular weight is 326 g/mol. The Kier molecular flexibility index (Phi) is 6.42. The first kappa shape index (κ1) is 16.1. The number of benzene rings is 1. The van der Waals surface area contributed by atoms with Gasteiger partial charge in [-0.2, -0.15) is 0 Å². The van der Waals surface area contributed by atoms with Crippen molar-refractivity contribution in [2.75, 3.05) is 39.4 Å². The van der Waals surface area contributed by atoms with Crippen LogP contribution in [0, 0.1) is 0 Å². The molecular weight excluding hydrogens is 306 g/mol. The highest BCUT2D eigenvalue weighted by Crippen LogP contribution is 2.14. The Balaban J connectivity index is 0.00000180. The molecule has 1 aliphatic rings. The first-order valence-electron chi connectivity index (χ1n) is 6.38. The molecule has 19 heavy (non-hydrogen) atoms. The van der Waals surface area contributed by atoms with E-state index in [1.807, 2.05) is 36.4 Å². The predicted molar refractivity (Wildman–Crippen MR) is 71.5 cm³/mol. The van der Waals surface area contributed by atoms with Crippen molar-refractivity contribution >= 4 is 5.78 Å². The zero-order chi connectivity index (χ0) is 12.8. The molecule has 3 nitrogen and oxygen atoms in total. The van der Waals surface area contributed by atoms with Crippen molar-refractivity contribution in [3.63, 3.8) is 0 Å². The van der Waals surface area contributed by atoms with Crippen LogP contribution < -0.4 is 17.0 Å². The maximum atomic E-state index is 12.3. The van der Waals surface area contributed by atoms with E-state index in [1.54, 1.807) is 0 Å². The Bertz CT molecular complexity index is 413. The molecule has 0 amide bonds. The number of hydrogen-bond donors (Lipinski definition) is 0. The summed E-state index contributed by atoms with van der Waals surface area (Å²) >= 11 is 0. The molecule has 1 aromatic rings. The normalized spacial score (nSPS) is 17.3. The van der Waals surface area contributed by atoms with E-state index in [-0.39, 0.29) is 22.8 Å². The van der Waals surface area contributed by atoms with Crippen LogP contribution in [0.2, 0.25) is 0 Å². The van der Waals surface area contributed by atoms with E-state index in [0.717, 1.165) is 42.9 Å². The Morgan fingerprint density at radius 3 is 2.47 bits per heavy atom. The number of carbonyl (C=O) groups is 1. The number of nitrogens with zero attached hydrogens (tertiary/aromatic N) is 1. The van der Waals surface area contributed by atoms with E-state index in [9.17, 15) is 4.79 Å². The molecule has 1 saturated heterocycles. The highest BCUT2D eigenvalue weighted by molar-refractivity contribution is 5.96. The quantitative estimate of drug-likeness (QED) is 0.390. The lowest BCUT2D eigenvalue weighted by Crippen LogP contribution is -3.00. The highest BCUT2D eigenvalue weighted by atomic mass is 79.9. The van der Waals surface area contributed by atoms with Gasteiger partial charge in [0, 0.05) is 5.56 Å². The molecule has 0 aliphatic carbocycles. The van der Waals surface area contributed by atoms with Gasteiger partial charge < -0.3 is 26.2 Å². The minimum Gasteiger partial charge on any atom is -1.00 e. The van der Waals surface area contributed by atoms with Crippen LogP contribution in [-0.4, -0.2) is 49.7 Å². The number of rotatable bonds is 5. The Labute approximate surface area is 125 Å². The molecule has 0 spiro atoms. The van der Waals surface area contributed by atoms with Crippen molar-refractivity contribution in [3.8, 4) is 0 Å². The zero-order valence-corrected chi connectivity index (χ0v) is 12.6. The van der Waals surface area contributed by atoms with Crippen LogP contribution in [0.4, 0.5) is 0 Å². The fourth-order valence-corrected chi connectivity index (χ4v) is 2.43. The van der Waals surface area contributed by atoms with Gasteiger partial charge in [0.2, 0.25) is 5.78 Å². The average Bonchev–Trinajstić information content (AvgIpc) is 2.41. The minimum atomic E-state index is 0. The third-order valence-electron chi connectivity index (χ3n) is 3.51. The summed E-state index contributed by atoms with van der Waals surface area (Å²) in [6.45, 7) is 8.44. The summed E-state index contributed by atoms with van der Waals surface area (Å²) in [5, 5.41) is 0. The molecule has 0 radical (unpaired) electrons. The lowest BCUT2D eigenvalue weighted by molar-refractivity contribution is -0.922. The molecule has 0 unspecified atom stereocenters. The van der Waals surface area contributed by atoms with Crippen LogP contribution in [0.25, 0.3) is 0 Å². The van der Waals surface area contributed by atoms with Crippen molar-refractivity contribution in [3.05, 3.63) is 48.6 Å². The molecule has 1 aromatic carbocycles. The van der Waals surface area contributed by atoms with Crippen molar-refractivity contribution in [1.82, 2.24) is 0 Å². The molecule has 0 bridgehead atoms. The summed E-state index contributed by atoms with van der Waals surface area (Å²) in [6.07, 6.45) is 1.91. The van der Waals surface area contributed by atoms with E-state index >= 15 is 0 Å². The second-order valence-electron chi connectivity index (χ2n) is 4.82. The Morgan fingerprint density at radius 1 is 1.26 bits per heavy atom. The van der Waals surface area contributed by atoms with E-state index in [4.69, 9.17) is 4.74 Å². The number of carbonyl (C=O) groups excluding carboxylic acids is 1. The van der Waals surface area contributed by atoms with E-state index < -0.39 is 0 Å². The van der Waals surface area contributed by atoms with Crippen LogP contribution >= 0.6 is 0 Å². The van der Waals surface area contributed by atoms with Gasteiger partial charge in [0.15, 0.2) is 0 Å². The van der Waals surface area contributed by atoms with Crippen LogP contribution in [-0.2, 0) is 4.74 Å². The number of halogens is 1. The van der Waals surface area contributed by atoms with Gasteiger partial charge >= 0.3 is 0 Å². The first-order chi connectivity index (χ1) is 8.76. The molecule has 0 aromatic heterocycles. The van der Waals surface area contributed by atoms with Crippen molar-refractivity contribution in [2.24, 2.45) is 0 Å². The smallest absolute Gasteiger partial charge is 0.216 e. The molecule has 0 N–H and O–H groups in total. The molecule has 2 rings (SSSR count). The van der Waals surface area contributed by atoms with Crippen LogP contribution in [0.3, 0.4) is 0 Å². The van der Waals surface area contributed by atoms with Gasteiger partial charge in [-0.3, -0.25) is 4.79 Å². The van der Waals surface area contributed by atoms with Crippen LogP contribution in [0.1, 0.15) is 10.4 Å². The zero-order valence-electron chi connectivity index (χ0n) is 11.1. The number of morpholine rings is 1. The van der Waals surface area contributed by atoms with Crippen LogP contribution in [0.5, 0.6) is 0 Å². The Hall–Kier alpha value is -0.970. The maximum Gasteiger partial charge on any atom is 0.216 e. The standard InChI is InChI=1S/C15H20NO2.BrH/c1-2-8-16(9-11-18-12-10-16)13-15(17)14-6-4-3-5-7-14;/h2-7H,1,8-13H2;1H/q+1;/p-1. The number of quaternary nitrogens is 1. The van der Waals surface area contributed by atoms with Crippen molar-refractivity contribution in [2.45, 2.75) is 0 Å². The molecule has 1 aliphatic heterocycles. The SMILES string of the molecule is C=CC[N+]1(CC(=O)c2ccccc2)CCOCC1.[Br-]. The summed E-state index contributed by atoms with van der Waals surface area (Å²) < 4.78 is 6.17. The van der Waals surface area contributed by atoms with Crippen molar-refractivity contribution < 1.29 is 31.0 Å². The highest BCUT2D eigenvalue weighted by Gasteiger charge is 2.31.